The second kappa shape index (κ2) is 3.57. The minimum absolute atomic E-state index is 0.00745. The van der Waals surface area contributed by atoms with Crippen molar-refractivity contribution in [3.8, 4) is 0 Å². The van der Waals surface area contributed by atoms with Crippen molar-refractivity contribution in [2.75, 3.05) is 19.7 Å². The molecule has 1 N–H and O–H groups in total. The summed E-state index contributed by atoms with van der Waals surface area (Å²) in [5.74, 6) is -0.0874. The fourth-order valence-electron chi connectivity index (χ4n) is 2.01. The lowest BCUT2D eigenvalue weighted by Crippen LogP contribution is -2.56. The normalized spacial score (nSPS) is 33.4. The van der Waals surface area contributed by atoms with Gasteiger partial charge in [-0.15, -0.1) is 0 Å². The Kier molecular flexibility index (Phi) is 2.41. The quantitative estimate of drug-likeness (QED) is 0.595. The van der Waals surface area contributed by atoms with Gasteiger partial charge in [0.25, 0.3) is 0 Å². The molecule has 0 radical (unpaired) electrons. The van der Waals surface area contributed by atoms with E-state index in [-0.39, 0.29) is 37.0 Å². The highest BCUT2D eigenvalue weighted by Crippen LogP contribution is 2.20. The molecule has 2 aliphatic heterocycles. The topological polar surface area (TPSA) is 58.6 Å². The van der Waals surface area contributed by atoms with Crippen LogP contribution in [0.3, 0.4) is 0 Å². The van der Waals surface area contributed by atoms with Gasteiger partial charge in [-0.05, 0) is 13.3 Å². The zero-order valence-electron chi connectivity index (χ0n) is 8.16. The van der Waals surface area contributed by atoms with Gasteiger partial charge in [0.15, 0.2) is 0 Å². The van der Waals surface area contributed by atoms with Crippen LogP contribution in [-0.2, 0) is 14.3 Å². The van der Waals surface area contributed by atoms with Crippen LogP contribution < -0.4 is 5.32 Å². The number of hydrogen-bond donors (Lipinski definition) is 1. The van der Waals surface area contributed by atoms with Crippen molar-refractivity contribution in [2.24, 2.45) is 0 Å². The summed E-state index contributed by atoms with van der Waals surface area (Å²) in [7, 11) is 0. The molecule has 2 aliphatic rings. The maximum Gasteiger partial charge on any atom is 0.242 e. The van der Waals surface area contributed by atoms with E-state index < -0.39 is 0 Å². The lowest BCUT2D eigenvalue weighted by Gasteiger charge is -2.33. The third-order valence-corrected chi connectivity index (χ3v) is 2.81. The zero-order valence-corrected chi connectivity index (χ0v) is 8.16. The first-order valence-corrected chi connectivity index (χ1v) is 4.86. The van der Waals surface area contributed by atoms with Crippen molar-refractivity contribution in [2.45, 2.75) is 25.5 Å². The van der Waals surface area contributed by atoms with Crippen molar-refractivity contribution < 1.29 is 14.3 Å². The number of amides is 2. The fraction of sp³-hybridized carbons (Fsp3) is 0.778. The van der Waals surface area contributed by atoms with Crippen molar-refractivity contribution in [3.63, 3.8) is 0 Å². The zero-order chi connectivity index (χ0) is 10.1. The van der Waals surface area contributed by atoms with Gasteiger partial charge in [0.05, 0.1) is 25.2 Å². The molecule has 0 aromatic carbocycles. The van der Waals surface area contributed by atoms with Crippen molar-refractivity contribution in [3.05, 3.63) is 0 Å². The summed E-state index contributed by atoms with van der Waals surface area (Å²) in [6.45, 7) is 2.92. The first-order chi connectivity index (χ1) is 6.68. The Morgan fingerprint density at radius 3 is 2.93 bits per heavy atom. The Bertz CT molecular complexity index is 267. The molecule has 0 spiro atoms. The molecule has 5 heteroatoms. The van der Waals surface area contributed by atoms with Crippen molar-refractivity contribution >= 4 is 11.8 Å². The van der Waals surface area contributed by atoms with Crippen LogP contribution in [0.1, 0.15) is 13.3 Å². The van der Waals surface area contributed by atoms with Crippen LogP contribution in [-0.4, -0.2) is 48.6 Å². The molecule has 5 nitrogen and oxygen atoms in total. The molecule has 2 fully saturated rings. The van der Waals surface area contributed by atoms with Crippen molar-refractivity contribution in [1.82, 2.24) is 10.2 Å². The minimum atomic E-state index is -0.0799. The molecular weight excluding hydrogens is 184 g/mol. The highest BCUT2D eigenvalue weighted by Gasteiger charge is 2.35. The number of nitrogens with zero attached hydrogens (tertiary/aromatic N) is 1. The number of rotatable bonds is 1. The maximum atomic E-state index is 11.5. The summed E-state index contributed by atoms with van der Waals surface area (Å²) in [6.07, 6.45) is 0.880. The van der Waals surface area contributed by atoms with Gasteiger partial charge in [0.2, 0.25) is 11.8 Å². The maximum absolute atomic E-state index is 11.5. The van der Waals surface area contributed by atoms with Gasteiger partial charge in [0, 0.05) is 6.61 Å². The van der Waals surface area contributed by atoms with E-state index in [9.17, 15) is 9.59 Å². The largest absolute Gasteiger partial charge is 0.376 e. The summed E-state index contributed by atoms with van der Waals surface area (Å²) in [4.78, 5) is 24.3. The fourth-order valence-corrected chi connectivity index (χ4v) is 2.01. The Hall–Kier alpha value is -1.10. The van der Waals surface area contributed by atoms with Crippen LogP contribution >= 0.6 is 0 Å². The summed E-state index contributed by atoms with van der Waals surface area (Å²) in [5.41, 5.74) is 0. The van der Waals surface area contributed by atoms with Gasteiger partial charge >= 0.3 is 0 Å². The Morgan fingerprint density at radius 2 is 2.29 bits per heavy atom. The summed E-state index contributed by atoms with van der Waals surface area (Å²) in [6, 6.07) is 0.0774. The smallest absolute Gasteiger partial charge is 0.242 e. The SMILES string of the molecule is CC1OCCC1N1CC(=O)NCC1=O. The molecule has 78 valence electrons. The average Bonchev–Trinajstić information content (AvgIpc) is 2.56. The molecule has 2 atom stereocenters. The van der Waals surface area contributed by atoms with Crippen LogP contribution in [0.4, 0.5) is 0 Å². The average molecular weight is 198 g/mol. The monoisotopic (exact) mass is 198 g/mol. The van der Waals surface area contributed by atoms with Gasteiger partial charge < -0.3 is 15.0 Å². The lowest BCUT2D eigenvalue weighted by molar-refractivity contribution is -0.143. The molecule has 2 unspecified atom stereocenters. The van der Waals surface area contributed by atoms with E-state index in [1.54, 1.807) is 4.90 Å². The van der Waals surface area contributed by atoms with E-state index in [0.29, 0.717) is 6.61 Å². The standard InChI is InChI=1S/C9H14N2O3/c1-6-7(2-3-14-6)11-5-8(12)10-4-9(11)13/h6-7H,2-5H2,1H3,(H,10,12). The Labute approximate surface area is 82.4 Å². The second-order valence-electron chi connectivity index (χ2n) is 3.73. The first kappa shape index (κ1) is 9.45. The van der Waals surface area contributed by atoms with Crippen LogP contribution in [0.15, 0.2) is 0 Å². The molecule has 0 aliphatic carbocycles. The van der Waals surface area contributed by atoms with Gasteiger partial charge in [-0.25, -0.2) is 0 Å². The summed E-state index contributed by atoms with van der Waals surface area (Å²) >= 11 is 0. The molecule has 2 rings (SSSR count). The van der Waals surface area contributed by atoms with Crippen molar-refractivity contribution in [1.29, 1.82) is 0 Å². The molecule has 0 aromatic rings. The first-order valence-electron chi connectivity index (χ1n) is 4.86. The lowest BCUT2D eigenvalue weighted by atomic mass is 10.1. The van der Waals surface area contributed by atoms with E-state index in [2.05, 4.69) is 5.32 Å². The number of carbonyl (C=O) groups excluding carboxylic acids is 2. The van der Waals surface area contributed by atoms with Crippen LogP contribution in [0.25, 0.3) is 0 Å². The second-order valence-corrected chi connectivity index (χ2v) is 3.73. The molecular formula is C9H14N2O3. The molecule has 14 heavy (non-hydrogen) atoms. The van der Waals surface area contributed by atoms with E-state index >= 15 is 0 Å². The van der Waals surface area contributed by atoms with Gasteiger partial charge in [0.1, 0.15) is 0 Å². The Morgan fingerprint density at radius 1 is 1.50 bits per heavy atom. The highest BCUT2D eigenvalue weighted by molar-refractivity contribution is 5.92. The van der Waals surface area contributed by atoms with E-state index in [1.807, 2.05) is 6.92 Å². The van der Waals surface area contributed by atoms with E-state index in [0.717, 1.165) is 6.42 Å². The van der Waals surface area contributed by atoms with Gasteiger partial charge in [-0.3, -0.25) is 9.59 Å². The van der Waals surface area contributed by atoms with Gasteiger partial charge in [-0.1, -0.05) is 0 Å². The van der Waals surface area contributed by atoms with Gasteiger partial charge in [-0.2, -0.15) is 0 Å². The predicted octanol–water partition coefficient (Wildman–Crippen LogP) is -0.878. The molecule has 0 aromatic heterocycles. The van der Waals surface area contributed by atoms with Crippen LogP contribution in [0.2, 0.25) is 0 Å². The summed E-state index contributed by atoms with van der Waals surface area (Å²) in [5, 5.41) is 2.53. The molecule has 0 saturated carbocycles. The number of carbonyl (C=O) groups is 2. The number of nitrogens with one attached hydrogen (secondary N) is 1. The highest BCUT2D eigenvalue weighted by atomic mass is 16.5. The number of piperazine rings is 1. The Balaban J connectivity index is 2.07. The number of hydrogen-bond acceptors (Lipinski definition) is 3. The van der Waals surface area contributed by atoms with Crippen LogP contribution in [0, 0.1) is 0 Å². The molecule has 0 bridgehead atoms. The number of ether oxygens (including phenoxy) is 1. The van der Waals surface area contributed by atoms with E-state index in [1.165, 1.54) is 0 Å². The third-order valence-electron chi connectivity index (χ3n) is 2.81. The molecule has 2 saturated heterocycles. The van der Waals surface area contributed by atoms with E-state index in [4.69, 9.17) is 4.74 Å². The minimum Gasteiger partial charge on any atom is -0.376 e. The molecule has 2 heterocycles. The van der Waals surface area contributed by atoms with Crippen LogP contribution in [0.5, 0.6) is 0 Å². The third kappa shape index (κ3) is 1.59. The predicted molar refractivity (Wildman–Crippen MR) is 48.5 cm³/mol. The molecule has 2 amide bonds. The summed E-state index contributed by atoms with van der Waals surface area (Å²) < 4.78 is 5.38.